The standard InChI is InChI=1S/C25H22ClN7O2/c26-18-10-11-22(33-16-28-31-32-33)17(14-18)9-12-24(34)29-20-7-2-1-5-13-35-23-8-4-3-6-19(23)21-15-27-25(20)30-21/h1-4,6,8-12,14-16,20H,5,7,13H2,(H,27,30)(H,29,34)/b2-1?,12-9+/t20-/m0/s1. The number of carbonyl (C=O) groups excluding carboxylic acids is 1. The summed E-state index contributed by atoms with van der Waals surface area (Å²) in [5.74, 6) is 1.19. The van der Waals surface area contributed by atoms with Crippen molar-refractivity contribution in [2.75, 3.05) is 6.61 Å². The monoisotopic (exact) mass is 487 g/mol. The first kappa shape index (κ1) is 22.5. The van der Waals surface area contributed by atoms with Crippen molar-refractivity contribution in [3.05, 3.63) is 89.6 Å². The van der Waals surface area contributed by atoms with Gasteiger partial charge in [-0.1, -0.05) is 35.9 Å². The molecule has 2 bridgehead atoms. The molecule has 10 heteroatoms. The Morgan fingerprint density at radius 3 is 3.03 bits per heavy atom. The van der Waals surface area contributed by atoms with Crippen molar-refractivity contribution < 1.29 is 9.53 Å². The molecule has 3 heterocycles. The summed E-state index contributed by atoms with van der Waals surface area (Å²) in [6, 6.07) is 12.8. The molecule has 5 rings (SSSR count). The molecule has 0 radical (unpaired) electrons. The van der Waals surface area contributed by atoms with Crippen molar-refractivity contribution in [1.82, 2.24) is 35.5 Å². The summed E-state index contributed by atoms with van der Waals surface area (Å²) >= 11 is 6.17. The van der Waals surface area contributed by atoms with Crippen molar-refractivity contribution in [3.63, 3.8) is 0 Å². The van der Waals surface area contributed by atoms with Crippen LogP contribution in [0.3, 0.4) is 0 Å². The quantitative estimate of drug-likeness (QED) is 0.328. The SMILES string of the molecule is O=C(/C=C/c1cc(Cl)ccc1-n1cnnn1)N[C@H]1CC=CCCOc2ccccc2-c2cnc1[nH]2. The maximum absolute atomic E-state index is 12.9. The van der Waals surface area contributed by atoms with Gasteiger partial charge in [0.2, 0.25) is 5.91 Å². The van der Waals surface area contributed by atoms with Crippen molar-refractivity contribution in [2.24, 2.45) is 0 Å². The number of rotatable bonds is 4. The van der Waals surface area contributed by atoms with Crippen molar-refractivity contribution in [2.45, 2.75) is 18.9 Å². The molecule has 4 aromatic rings. The number of H-pyrrole nitrogens is 1. The first-order chi connectivity index (χ1) is 17.2. The minimum absolute atomic E-state index is 0.264. The number of imidazole rings is 1. The first-order valence-electron chi connectivity index (χ1n) is 11.1. The molecule has 2 N–H and O–H groups in total. The minimum Gasteiger partial charge on any atom is -0.493 e. The maximum atomic E-state index is 12.9. The highest BCUT2D eigenvalue weighted by molar-refractivity contribution is 6.30. The Morgan fingerprint density at radius 2 is 2.14 bits per heavy atom. The summed E-state index contributed by atoms with van der Waals surface area (Å²) in [4.78, 5) is 20.8. The molecular weight excluding hydrogens is 466 g/mol. The van der Waals surface area contributed by atoms with Crippen LogP contribution in [0.4, 0.5) is 0 Å². The molecular formula is C25H22ClN7O2. The number of tetrazole rings is 1. The van der Waals surface area contributed by atoms with E-state index >= 15 is 0 Å². The molecule has 9 nitrogen and oxygen atoms in total. The molecule has 1 aliphatic heterocycles. The highest BCUT2D eigenvalue weighted by atomic mass is 35.5. The molecule has 0 unspecified atom stereocenters. The van der Waals surface area contributed by atoms with Gasteiger partial charge in [-0.2, -0.15) is 4.68 Å². The smallest absolute Gasteiger partial charge is 0.244 e. The van der Waals surface area contributed by atoms with E-state index in [1.54, 1.807) is 30.5 Å². The molecule has 1 amide bonds. The van der Waals surface area contributed by atoms with E-state index in [4.69, 9.17) is 16.3 Å². The van der Waals surface area contributed by atoms with Crippen LogP contribution in [-0.4, -0.2) is 42.7 Å². The third-order valence-electron chi connectivity index (χ3n) is 5.50. The molecule has 176 valence electrons. The number of para-hydroxylation sites is 1. The number of hydrogen-bond acceptors (Lipinski definition) is 6. The van der Waals surface area contributed by atoms with Gasteiger partial charge < -0.3 is 15.0 Å². The normalized spacial score (nSPS) is 15.6. The summed E-state index contributed by atoms with van der Waals surface area (Å²) in [6.07, 6.45) is 11.8. The molecule has 35 heavy (non-hydrogen) atoms. The Morgan fingerprint density at radius 1 is 1.23 bits per heavy atom. The van der Waals surface area contributed by atoms with Gasteiger partial charge in [0.05, 0.1) is 30.2 Å². The van der Waals surface area contributed by atoms with E-state index in [0.29, 0.717) is 35.1 Å². The summed E-state index contributed by atoms with van der Waals surface area (Å²) in [5.41, 5.74) is 3.17. The fraction of sp³-hybridized carbons (Fsp3) is 0.160. The van der Waals surface area contributed by atoms with E-state index in [-0.39, 0.29) is 11.9 Å². The van der Waals surface area contributed by atoms with Crippen LogP contribution in [0.2, 0.25) is 5.02 Å². The summed E-state index contributed by atoms with van der Waals surface area (Å²) < 4.78 is 7.45. The number of aromatic amines is 1. The second-order valence-corrected chi connectivity index (χ2v) is 8.31. The summed E-state index contributed by atoms with van der Waals surface area (Å²) in [5, 5.41) is 14.8. The maximum Gasteiger partial charge on any atom is 0.244 e. The molecule has 0 saturated carbocycles. The molecule has 1 atom stereocenters. The Labute approximate surface area is 206 Å². The Hall–Kier alpha value is -4.24. The Bertz CT molecular complexity index is 1380. The van der Waals surface area contributed by atoms with Gasteiger partial charge in [0.15, 0.2) is 0 Å². The average Bonchev–Trinajstić information content (AvgIpc) is 3.57. The number of ether oxygens (including phenoxy) is 1. The number of halogens is 1. The van der Waals surface area contributed by atoms with E-state index < -0.39 is 0 Å². The van der Waals surface area contributed by atoms with E-state index in [1.807, 2.05) is 36.4 Å². The van der Waals surface area contributed by atoms with Crippen LogP contribution < -0.4 is 10.1 Å². The number of aromatic nitrogens is 6. The first-order valence-corrected chi connectivity index (χ1v) is 11.5. The van der Waals surface area contributed by atoms with Crippen LogP contribution in [0.1, 0.15) is 30.3 Å². The zero-order chi connectivity index (χ0) is 24.0. The fourth-order valence-electron chi connectivity index (χ4n) is 3.82. The number of hydrogen-bond donors (Lipinski definition) is 2. The summed E-state index contributed by atoms with van der Waals surface area (Å²) in [6.45, 7) is 0.567. The third kappa shape index (κ3) is 5.30. The van der Waals surface area contributed by atoms with Crippen LogP contribution >= 0.6 is 11.6 Å². The predicted molar refractivity (Wildman–Crippen MR) is 132 cm³/mol. The number of amides is 1. The van der Waals surface area contributed by atoms with Gasteiger partial charge >= 0.3 is 0 Å². The largest absolute Gasteiger partial charge is 0.493 e. The van der Waals surface area contributed by atoms with Crippen LogP contribution in [0.5, 0.6) is 5.75 Å². The lowest BCUT2D eigenvalue weighted by Gasteiger charge is -2.15. The van der Waals surface area contributed by atoms with E-state index in [2.05, 4.69) is 30.8 Å². The minimum atomic E-state index is -0.331. The zero-order valence-electron chi connectivity index (χ0n) is 18.6. The molecule has 2 aromatic heterocycles. The van der Waals surface area contributed by atoms with Crippen LogP contribution in [0.15, 0.2) is 73.2 Å². The van der Waals surface area contributed by atoms with Gasteiger partial charge in [0.25, 0.3) is 0 Å². The van der Waals surface area contributed by atoms with E-state index in [1.165, 1.54) is 17.1 Å². The lowest BCUT2D eigenvalue weighted by atomic mass is 10.1. The van der Waals surface area contributed by atoms with Gasteiger partial charge in [0, 0.05) is 22.2 Å². The lowest BCUT2D eigenvalue weighted by molar-refractivity contribution is -0.117. The van der Waals surface area contributed by atoms with Crippen LogP contribution in [0.25, 0.3) is 23.0 Å². The van der Waals surface area contributed by atoms with Gasteiger partial charge in [-0.25, -0.2) is 4.98 Å². The highest BCUT2D eigenvalue weighted by Gasteiger charge is 2.18. The molecule has 0 aliphatic carbocycles. The number of fused-ring (bicyclic) bond motifs is 4. The average molecular weight is 488 g/mol. The number of nitrogens with zero attached hydrogens (tertiary/aromatic N) is 5. The second kappa shape index (κ2) is 10.4. The van der Waals surface area contributed by atoms with Gasteiger partial charge in [-0.05, 0) is 59.7 Å². The van der Waals surface area contributed by atoms with Crippen molar-refractivity contribution in [1.29, 1.82) is 0 Å². The predicted octanol–water partition coefficient (Wildman–Crippen LogP) is 4.31. The van der Waals surface area contributed by atoms with Gasteiger partial charge in [0.1, 0.15) is 17.9 Å². The van der Waals surface area contributed by atoms with Crippen molar-refractivity contribution in [3.8, 4) is 22.7 Å². The Kier molecular flexibility index (Phi) is 6.67. The second-order valence-electron chi connectivity index (χ2n) is 7.87. The third-order valence-corrected chi connectivity index (χ3v) is 5.73. The van der Waals surface area contributed by atoms with Gasteiger partial charge in [-0.15, -0.1) is 5.10 Å². The zero-order valence-corrected chi connectivity index (χ0v) is 19.4. The number of benzene rings is 2. The number of carbonyl (C=O) groups is 1. The number of nitrogens with one attached hydrogen (secondary N) is 2. The highest BCUT2D eigenvalue weighted by Crippen LogP contribution is 2.30. The molecule has 1 aliphatic rings. The van der Waals surface area contributed by atoms with Crippen LogP contribution in [0, 0.1) is 0 Å². The molecule has 2 aromatic carbocycles. The Balaban J connectivity index is 1.38. The topological polar surface area (TPSA) is 111 Å². The fourth-order valence-corrected chi connectivity index (χ4v) is 4.00. The molecule has 0 fully saturated rings. The molecule has 0 spiro atoms. The lowest BCUT2D eigenvalue weighted by Crippen LogP contribution is -2.27. The summed E-state index contributed by atoms with van der Waals surface area (Å²) in [7, 11) is 0. The van der Waals surface area contributed by atoms with Gasteiger partial charge in [-0.3, -0.25) is 4.79 Å². The van der Waals surface area contributed by atoms with E-state index in [0.717, 1.165) is 23.4 Å². The van der Waals surface area contributed by atoms with Crippen LogP contribution in [-0.2, 0) is 4.79 Å². The van der Waals surface area contributed by atoms with E-state index in [9.17, 15) is 4.79 Å². The van der Waals surface area contributed by atoms with Crippen molar-refractivity contribution >= 4 is 23.6 Å². The molecule has 0 saturated heterocycles.